The lowest BCUT2D eigenvalue weighted by Crippen LogP contribution is -2.31. The van der Waals surface area contributed by atoms with Crippen LogP contribution in [0.25, 0.3) is 0 Å². The van der Waals surface area contributed by atoms with E-state index in [1.54, 1.807) is 43.5 Å². The highest BCUT2D eigenvalue weighted by atomic mass is 32.2. The molecule has 0 radical (unpaired) electrons. The van der Waals surface area contributed by atoms with Crippen molar-refractivity contribution in [3.63, 3.8) is 0 Å². The number of hydroxylamine groups is 1. The molecular formula is C20H23NO4S. The summed E-state index contributed by atoms with van der Waals surface area (Å²) in [6.07, 6.45) is 1.46. The number of methoxy groups -OCH3 is 1. The first-order valence-electron chi connectivity index (χ1n) is 8.32. The number of unbranched alkanes of at least 4 members (excludes halogenated alkanes) is 1. The molecule has 0 heterocycles. The zero-order valence-electron chi connectivity index (χ0n) is 15.1. The van der Waals surface area contributed by atoms with Crippen molar-refractivity contribution in [2.45, 2.75) is 37.6 Å². The molecule has 1 N–H and O–H groups in total. The maximum absolute atomic E-state index is 12.8. The third kappa shape index (κ3) is 4.64. The molecule has 0 spiro atoms. The van der Waals surface area contributed by atoms with Gasteiger partial charge in [-0.15, -0.1) is 5.92 Å². The third-order valence-corrected chi connectivity index (χ3v) is 5.40. The van der Waals surface area contributed by atoms with Crippen molar-refractivity contribution >= 4 is 10.0 Å². The Morgan fingerprint density at radius 2 is 1.73 bits per heavy atom. The van der Waals surface area contributed by atoms with Gasteiger partial charge < -0.3 is 4.74 Å². The van der Waals surface area contributed by atoms with Crippen LogP contribution in [-0.2, 0) is 10.0 Å². The van der Waals surface area contributed by atoms with Gasteiger partial charge in [-0.3, -0.25) is 5.21 Å². The second-order valence-electron chi connectivity index (χ2n) is 5.84. The smallest absolute Gasteiger partial charge is 0.266 e. The molecular weight excluding hydrogens is 350 g/mol. The van der Waals surface area contributed by atoms with E-state index in [2.05, 4.69) is 11.8 Å². The van der Waals surface area contributed by atoms with Crippen molar-refractivity contribution in [1.29, 1.82) is 0 Å². The molecule has 0 fully saturated rings. The van der Waals surface area contributed by atoms with Gasteiger partial charge in [0, 0.05) is 6.42 Å². The van der Waals surface area contributed by atoms with Gasteiger partial charge in [0.1, 0.15) is 11.8 Å². The van der Waals surface area contributed by atoms with Crippen LogP contribution >= 0.6 is 0 Å². The number of nitrogens with zero attached hydrogens (tertiary/aromatic N) is 1. The van der Waals surface area contributed by atoms with Gasteiger partial charge in [0.05, 0.1) is 12.0 Å². The Morgan fingerprint density at radius 1 is 1.12 bits per heavy atom. The molecule has 0 aliphatic carbocycles. The number of aryl methyl sites for hydroxylation is 1. The molecule has 138 valence electrons. The molecule has 2 aromatic rings. The molecule has 0 aliphatic rings. The Labute approximate surface area is 155 Å². The molecule has 0 saturated carbocycles. The minimum atomic E-state index is -4.10. The van der Waals surface area contributed by atoms with Crippen LogP contribution in [0.2, 0.25) is 0 Å². The highest BCUT2D eigenvalue weighted by Gasteiger charge is 2.30. The second-order valence-corrected chi connectivity index (χ2v) is 7.63. The van der Waals surface area contributed by atoms with Gasteiger partial charge in [-0.2, -0.15) is 0 Å². The molecule has 0 bridgehead atoms. The van der Waals surface area contributed by atoms with E-state index >= 15 is 0 Å². The number of ether oxygens (including phenoxy) is 1. The zero-order chi connectivity index (χ0) is 19.2. The Morgan fingerprint density at radius 3 is 2.27 bits per heavy atom. The fraction of sp³-hybridized carbons (Fsp3) is 0.300. The lowest BCUT2D eigenvalue weighted by molar-refractivity contribution is -0.0186. The van der Waals surface area contributed by atoms with Crippen LogP contribution in [0, 0.1) is 18.8 Å². The van der Waals surface area contributed by atoms with Crippen molar-refractivity contribution < 1.29 is 18.4 Å². The maximum atomic E-state index is 12.8. The predicted molar refractivity (Wildman–Crippen MR) is 100 cm³/mol. The standard InChI is InChI=1S/C20H23NO4S/c1-4-5-6-7-20(17-10-12-18(25-3)13-11-17)21(22)26(23,24)19-14-8-16(2)9-15-19/h8-15,20,22H,4-5H2,1-3H3. The molecule has 5 nitrogen and oxygen atoms in total. The molecule has 0 aromatic heterocycles. The summed E-state index contributed by atoms with van der Waals surface area (Å²) in [4.78, 5) is 0.0152. The molecule has 1 atom stereocenters. The molecule has 26 heavy (non-hydrogen) atoms. The fourth-order valence-corrected chi connectivity index (χ4v) is 3.45. The lowest BCUT2D eigenvalue weighted by atomic mass is 10.1. The van der Waals surface area contributed by atoms with Gasteiger partial charge >= 0.3 is 0 Å². The third-order valence-electron chi connectivity index (χ3n) is 3.83. The van der Waals surface area contributed by atoms with Crippen LogP contribution < -0.4 is 4.74 Å². The summed E-state index contributed by atoms with van der Waals surface area (Å²) in [7, 11) is -2.55. The number of rotatable bonds is 6. The molecule has 2 aromatic carbocycles. The Bertz CT molecular complexity index is 878. The quantitative estimate of drug-likeness (QED) is 0.615. The highest BCUT2D eigenvalue weighted by Crippen LogP contribution is 2.27. The highest BCUT2D eigenvalue weighted by molar-refractivity contribution is 7.89. The van der Waals surface area contributed by atoms with Crippen LogP contribution in [0.4, 0.5) is 0 Å². The second kappa shape index (κ2) is 8.86. The summed E-state index contributed by atoms with van der Waals surface area (Å²) < 4.78 is 31.1. The fourth-order valence-electron chi connectivity index (χ4n) is 2.30. The molecule has 2 rings (SSSR count). The average molecular weight is 373 g/mol. The summed E-state index contributed by atoms with van der Waals surface area (Å²) in [5.74, 6) is 6.43. The first kappa shape index (κ1) is 20.0. The normalized spacial score (nSPS) is 12.3. The molecule has 0 saturated heterocycles. The van der Waals surface area contributed by atoms with Gasteiger partial charge in [0.2, 0.25) is 0 Å². The molecule has 6 heteroatoms. The summed E-state index contributed by atoms with van der Waals surface area (Å²) in [6, 6.07) is 12.1. The largest absolute Gasteiger partial charge is 0.497 e. The van der Waals surface area contributed by atoms with Gasteiger partial charge in [-0.25, -0.2) is 8.42 Å². The van der Waals surface area contributed by atoms with E-state index in [4.69, 9.17) is 4.74 Å². The minimum Gasteiger partial charge on any atom is -0.497 e. The Balaban J connectivity index is 2.43. The van der Waals surface area contributed by atoms with Crippen molar-refractivity contribution in [1.82, 2.24) is 4.47 Å². The van der Waals surface area contributed by atoms with Crippen LogP contribution in [0.5, 0.6) is 5.75 Å². The minimum absolute atomic E-state index is 0.0152. The van der Waals surface area contributed by atoms with E-state index in [9.17, 15) is 13.6 Å². The van der Waals surface area contributed by atoms with Gasteiger partial charge in [-0.1, -0.05) is 47.1 Å². The van der Waals surface area contributed by atoms with E-state index < -0.39 is 16.1 Å². The van der Waals surface area contributed by atoms with Crippen molar-refractivity contribution in [3.8, 4) is 17.6 Å². The van der Waals surface area contributed by atoms with Crippen LogP contribution in [-0.4, -0.2) is 25.2 Å². The first-order chi connectivity index (χ1) is 12.4. The van der Waals surface area contributed by atoms with E-state index in [0.717, 1.165) is 12.0 Å². The summed E-state index contributed by atoms with van der Waals surface area (Å²) in [6.45, 7) is 3.85. The first-order valence-corrected chi connectivity index (χ1v) is 9.76. The zero-order valence-corrected chi connectivity index (χ0v) is 16.0. The van der Waals surface area contributed by atoms with E-state index in [-0.39, 0.29) is 4.90 Å². The number of hydrogen-bond donors (Lipinski definition) is 1. The van der Waals surface area contributed by atoms with Gasteiger partial charge in [0.15, 0.2) is 0 Å². The summed E-state index contributed by atoms with van der Waals surface area (Å²) >= 11 is 0. The van der Waals surface area contributed by atoms with Crippen molar-refractivity contribution in [3.05, 3.63) is 59.7 Å². The summed E-state index contributed by atoms with van der Waals surface area (Å²) in [5.41, 5.74) is 1.50. The van der Waals surface area contributed by atoms with Gasteiger partial charge in [0.25, 0.3) is 10.0 Å². The monoisotopic (exact) mass is 373 g/mol. The topological polar surface area (TPSA) is 66.8 Å². The number of hydrogen-bond acceptors (Lipinski definition) is 4. The number of benzene rings is 2. The molecule has 0 aliphatic heterocycles. The lowest BCUT2D eigenvalue weighted by Gasteiger charge is -2.22. The van der Waals surface area contributed by atoms with E-state index in [0.29, 0.717) is 22.2 Å². The van der Waals surface area contributed by atoms with Crippen LogP contribution in [0.3, 0.4) is 0 Å². The molecule has 1 unspecified atom stereocenters. The number of sulfonamides is 1. The average Bonchev–Trinajstić information content (AvgIpc) is 2.65. The Hall–Kier alpha value is -2.33. The van der Waals surface area contributed by atoms with E-state index in [1.807, 2.05) is 13.8 Å². The predicted octanol–water partition coefficient (Wildman–Crippen LogP) is 3.93. The molecule has 0 amide bonds. The van der Waals surface area contributed by atoms with Crippen LogP contribution in [0.15, 0.2) is 53.4 Å². The van der Waals surface area contributed by atoms with Crippen LogP contribution in [0.1, 0.15) is 36.9 Å². The van der Waals surface area contributed by atoms with Gasteiger partial charge in [-0.05, 0) is 43.2 Å². The van der Waals surface area contributed by atoms with E-state index in [1.165, 1.54) is 12.1 Å². The summed E-state index contributed by atoms with van der Waals surface area (Å²) in [5, 5.41) is 10.6. The Kier molecular flexibility index (Phi) is 6.81. The van der Waals surface area contributed by atoms with Crippen molar-refractivity contribution in [2.75, 3.05) is 7.11 Å². The van der Waals surface area contributed by atoms with Crippen molar-refractivity contribution in [2.24, 2.45) is 0 Å². The SMILES string of the molecule is CCCC#CC(c1ccc(OC)cc1)N(O)S(=O)(=O)c1ccc(C)cc1. The maximum Gasteiger partial charge on any atom is 0.266 e.